The number of carbonyl (C=O) groups is 2. The highest BCUT2D eigenvalue weighted by Gasteiger charge is 2.09. The monoisotopic (exact) mass is 259 g/mol. The number of aromatic nitrogens is 2. The Morgan fingerprint density at radius 1 is 1.32 bits per heavy atom. The Kier molecular flexibility index (Phi) is 3.92. The average Bonchev–Trinajstić information content (AvgIpc) is 2.92. The first kappa shape index (κ1) is 12.8. The molecule has 0 saturated carbocycles. The summed E-state index contributed by atoms with van der Waals surface area (Å²) in [5.41, 5.74) is 1.34. The van der Waals surface area contributed by atoms with Crippen LogP contribution in [0.1, 0.15) is 26.3 Å². The molecule has 0 aliphatic rings. The number of carboxylic acids is 1. The standard InChI is InChI=1S/C13H13N3O3/c17-12(16-4-2-9-1-3-14-6-9)10-5-11(13(18)19)8-15-7-10/h1,3,5-8,14H,2,4H2,(H,16,17)(H,18,19). The molecule has 0 radical (unpaired) electrons. The SMILES string of the molecule is O=C(O)c1cncc(C(=O)NCCc2cc[nH]c2)c1. The Labute approximate surface area is 109 Å². The number of hydrogen-bond donors (Lipinski definition) is 3. The van der Waals surface area contributed by atoms with E-state index in [2.05, 4.69) is 15.3 Å². The van der Waals surface area contributed by atoms with Crippen molar-refractivity contribution in [1.82, 2.24) is 15.3 Å². The van der Waals surface area contributed by atoms with E-state index < -0.39 is 5.97 Å². The Bertz CT molecular complexity index is 579. The van der Waals surface area contributed by atoms with E-state index in [1.54, 1.807) is 0 Å². The van der Waals surface area contributed by atoms with E-state index in [9.17, 15) is 9.59 Å². The molecule has 2 rings (SSSR count). The van der Waals surface area contributed by atoms with Crippen LogP contribution >= 0.6 is 0 Å². The molecule has 3 N–H and O–H groups in total. The number of nitrogens with one attached hydrogen (secondary N) is 2. The number of amides is 1. The van der Waals surface area contributed by atoms with Crippen molar-refractivity contribution in [3.8, 4) is 0 Å². The second-order valence-corrected chi connectivity index (χ2v) is 3.99. The molecule has 0 saturated heterocycles. The van der Waals surface area contributed by atoms with Gasteiger partial charge in [0.05, 0.1) is 11.1 Å². The number of pyridine rings is 1. The number of rotatable bonds is 5. The average molecular weight is 259 g/mol. The summed E-state index contributed by atoms with van der Waals surface area (Å²) in [5, 5.41) is 11.5. The van der Waals surface area contributed by atoms with Crippen LogP contribution in [0.4, 0.5) is 0 Å². The Hall–Kier alpha value is -2.63. The van der Waals surface area contributed by atoms with Crippen molar-refractivity contribution in [2.75, 3.05) is 6.54 Å². The lowest BCUT2D eigenvalue weighted by atomic mass is 10.2. The van der Waals surface area contributed by atoms with Gasteiger partial charge in [0.1, 0.15) is 0 Å². The Morgan fingerprint density at radius 3 is 2.79 bits per heavy atom. The smallest absolute Gasteiger partial charge is 0.337 e. The van der Waals surface area contributed by atoms with Crippen molar-refractivity contribution < 1.29 is 14.7 Å². The number of aromatic carboxylic acids is 1. The van der Waals surface area contributed by atoms with Gasteiger partial charge in [-0.05, 0) is 24.1 Å². The topological polar surface area (TPSA) is 95.1 Å². The van der Waals surface area contributed by atoms with Gasteiger partial charge in [-0.3, -0.25) is 9.78 Å². The first-order valence-electron chi connectivity index (χ1n) is 5.75. The number of carboxylic acid groups (broad SMARTS) is 1. The molecule has 1 amide bonds. The van der Waals surface area contributed by atoms with E-state index in [0.717, 1.165) is 5.56 Å². The molecule has 2 heterocycles. The summed E-state index contributed by atoms with van der Waals surface area (Å²) in [7, 11) is 0. The maximum Gasteiger partial charge on any atom is 0.337 e. The Balaban J connectivity index is 1.92. The number of hydrogen-bond acceptors (Lipinski definition) is 3. The summed E-state index contributed by atoms with van der Waals surface area (Å²) < 4.78 is 0. The van der Waals surface area contributed by atoms with E-state index in [1.165, 1.54) is 18.5 Å². The highest BCUT2D eigenvalue weighted by atomic mass is 16.4. The summed E-state index contributed by atoms with van der Waals surface area (Å²) in [6, 6.07) is 3.24. The minimum absolute atomic E-state index is 0.00159. The van der Waals surface area contributed by atoms with E-state index in [4.69, 9.17) is 5.11 Å². The number of carbonyl (C=O) groups excluding carboxylic acids is 1. The fourth-order valence-electron chi connectivity index (χ4n) is 1.62. The fourth-order valence-corrected chi connectivity index (χ4v) is 1.62. The third-order valence-electron chi connectivity index (χ3n) is 2.61. The minimum Gasteiger partial charge on any atom is -0.478 e. The van der Waals surface area contributed by atoms with E-state index in [1.807, 2.05) is 18.5 Å². The molecule has 0 atom stereocenters. The summed E-state index contributed by atoms with van der Waals surface area (Å²) >= 11 is 0. The lowest BCUT2D eigenvalue weighted by Crippen LogP contribution is -2.26. The molecule has 0 aliphatic carbocycles. The van der Waals surface area contributed by atoms with Gasteiger partial charge in [-0.1, -0.05) is 0 Å². The summed E-state index contributed by atoms with van der Waals surface area (Å²) in [5.74, 6) is -1.43. The van der Waals surface area contributed by atoms with Crippen LogP contribution in [0.2, 0.25) is 0 Å². The summed E-state index contributed by atoms with van der Waals surface area (Å²) in [4.78, 5) is 29.2. The molecular formula is C13H13N3O3. The zero-order chi connectivity index (χ0) is 13.7. The van der Waals surface area contributed by atoms with Gasteiger partial charge < -0.3 is 15.4 Å². The second-order valence-electron chi connectivity index (χ2n) is 3.99. The molecule has 2 aromatic rings. The van der Waals surface area contributed by atoms with Crippen molar-refractivity contribution >= 4 is 11.9 Å². The quantitative estimate of drug-likeness (QED) is 0.748. The van der Waals surface area contributed by atoms with Gasteiger partial charge in [-0.2, -0.15) is 0 Å². The maximum absolute atomic E-state index is 11.8. The van der Waals surface area contributed by atoms with Crippen molar-refractivity contribution in [3.63, 3.8) is 0 Å². The molecule has 6 nitrogen and oxygen atoms in total. The van der Waals surface area contributed by atoms with Crippen LogP contribution in [0.15, 0.2) is 36.9 Å². The first-order chi connectivity index (χ1) is 9.16. The largest absolute Gasteiger partial charge is 0.478 e. The van der Waals surface area contributed by atoms with Crippen LogP contribution in [0.25, 0.3) is 0 Å². The third kappa shape index (κ3) is 3.41. The lowest BCUT2D eigenvalue weighted by molar-refractivity contribution is 0.0696. The van der Waals surface area contributed by atoms with E-state index in [-0.39, 0.29) is 17.0 Å². The van der Waals surface area contributed by atoms with Gasteiger partial charge >= 0.3 is 5.97 Å². The molecule has 0 bridgehead atoms. The van der Waals surface area contributed by atoms with Gasteiger partial charge in [0.2, 0.25) is 0 Å². The predicted molar refractivity (Wildman–Crippen MR) is 68.0 cm³/mol. The van der Waals surface area contributed by atoms with Crippen LogP contribution < -0.4 is 5.32 Å². The normalized spacial score (nSPS) is 10.1. The van der Waals surface area contributed by atoms with E-state index in [0.29, 0.717) is 13.0 Å². The van der Waals surface area contributed by atoms with Crippen LogP contribution in [-0.2, 0) is 6.42 Å². The molecule has 0 aliphatic heterocycles. The molecule has 0 spiro atoms. The maximum atomic E-state index is 11.8. The van der Waals surface area contributed by atoms with Crippen molar-refractivity contribution in [2.45, 2.75) is 6.42 Å². The summed E-state index contributed by atoms with van der Waals surface area (Å²) in [6.45, 7) is 0.480. The predicted octanol–water partition coefficient (Wildman–Crippen LogP) is 1.08. The lowest BCUT2D eigenvalue weighted by Gasteiger charge is -2.04. The highest BCUT2D eigenvalue weighted by molar-refractivity contribution is 5.96. The number of H-pyrrole nitrogens is 1. The molecule has 2 aromatic heterocycles. The Morgan fingerprint density at radius 2 is 2.11 bits per heavy atom. The van der Waals surface area contributed by atoms with Crippen LogP contribution in [0.5, 0.6) is 0 Å². The van der Waals surface area contributed by atoms with Gasteiger partial charge in [0, 0.05) is 31.3 Å². The van der Waals surface area contributed by atoms with Crippen molar-refractivity contribution in [1.29, 1.82) is 0 Å². The number of nitrogens with zero attached hydrogens (tertiary/aromatic N) is 1. The second kappa shape index (κ2) is 5.81. The van der Waals surface area contributed by atoms with Crippen LogP contribution in [0.3, 0.4) is 0 Å². The van der Waals surface area contributed by atoms with Crippen LogP contribution in [0, 0.1) is 0 Å². The third-order valence-corrected chi connectivity index (χ3v) is 2.61. The zero-order valence-corrected chi connectivity index (χ0v) is 10.1. The first-order valence-corrected chi connectivity index (χ1v) is 5.75. The molecule has 0 unspecified atom stereocenters. The minimum atomic E-state index is -1.10. The van der Waals surface area contributed by atoms with Gasteiger partial charge in [0.15, 0.2) is 0 Å². The molecule has 0 aromatic carbocycles. The van der Waals surface area contributed by atoms with E-state index >= 15 is 0 Å². The number of aromatic amines is 1. The van der Waals surface area contributed by atoms with Gasteiger partial charge in [-0.25, -0.2) is 4.79 Å². The van der Waals surface area contributed by atoms with Crippen LogP contribution in [-0.4, -0.2) is 33.5 Å². The molecular weight excluding hydrogens is 246 g/mol. The molecule has 0 fully saturated rings. The van der Waals surface area contributed by atoms with Crippen molar-refractivity contribution in [3.05, 3.63) is 53.6 Å². The van der Waals surface area contributed by atoms with Gasteiger partial charge in [0.25, 0.3) is 5.91 Å². The molecule has 98 valence electrons. The molecule has 19 heavy (non-hydrogen) atoms. The summed E-state index contributed by atoms with van der Waals surface area (Å²) in [6.07, 6.45) is 6.94. The van der Waals surface area contributed by atoms with Gasteiger partial charge in [-0.15, -0.1) is 0 Å². The highest BCUT2D eigenvalue weighted by Crippen LogP contribution is 2.03. The molecule has 6 heteroatoms. The fraction of sp³-hybridized carbons (Fsp3) is 0.154. The van der Waals surface area contributed by atoms with Crippen molar-refractivity contribution in [2.24, 2.45) is 0 Å². The zero-order valence-electron chi connectivity index (χ0n) is 10.1.